The molecule has 2 aromatic heterocycles. The number of amides is 1. The van der Waals surface area contributed by atoms with E-state index in [-0.39, 0.29) is 40.8 Å². The van der Waals surface area contributed by atoms with Crippen molar-refractivity contribution in [3.63, 3.8) is 0 Å². The maximum Gasteiger partial charge on any atom is 0.414 e. The normalized spacial score (nSPS) is 25.8. The van der Waals surface area contributed by atoms with Crippen LogP contribution in [0.1, 0.15) is 30.9 Å². The van der Waals surface area contributed by atoms with Crippen molar-refractivity contribution < 1.29 is 17.9 Å². The highest BCUT2D eigenvalue weighted by Gasteiger charge is 2.45. The summed E-state index contributed by atoms with van der Waals surface area (Å²) < 4.78 is 36.2. The highest BCUT2D eigenvalue weighted by Crippen LogP contribution is 2.42. The van der Waals surface area contributed by atoms with Crippen molar-refractivity contribution in [2.24, 2.45) is 11.8 Å². The number of thiazole rings is 1. The lowest BCUT2D eigenvalue weighted by atomic mass is 9.80. The number of aromatic nitrogens is 2. The van der Waals surface area contributed by atoms with E-state index in [1.54, 1.807) is 20.9 Å². The van der Waals surface area contributed by atoms with Crippen molar-refractivity contribution in [2.45, 2.75) is 43.9 Å². The van der Waals surface area contributed by atoms with Gasteiger partial charge in [0, 0.05) is 36.3 Å². The fourth-order valence-corrected chi connectivity index (χ4v) is 8.53. The summed E-state index contributed by atoms with van der Waals surface area (Å²) >= 11 is 7.64. The summed E-state index contributed by atoms with van der Waals surface area (Å²) in [4.78, 5) is 19.5. The van der Waals surface area contributed by atoms with Gasteiger partial charge in [-0.1, -0.05) is 36.7 Å². The van der Waals surface area contributed by atoms with Gasteiger partial charge >= 0.3 is 6.09 Å². The second-order valence-electron chi connectivity index (χ2n) is 8.99. The van der Waals surface area contributed by atoms with E-state index in [0.717, 1.165) is 29.7 Å². The number of aryl methyl sites for hydroxylation is 1. The van der Waals surface area contributed by atoms with E-state index in [4.69, 9.17) is 16.3 Å². The number of imidazole rings is 1. The molecule has 3 aliphatic heterocycles. The third-order valence-corrected chi connectivity index (χ3v) is 10.4. The molecule has 1 fully saturated rings. The lowest BCUT2D eigenvalue weighted by Gasteiger charge is -2.42. The Morgan fingerprint density at radius 2 is 2.06 bits per heavy atom. The second kappa shape index (κ2) is 7.69. The largest absolute Gasteiger partial charge is 0.444 e. The molecule has 0 N–H and O–H groups in total. The standard InChI is InChI=1S/C22H23ClN4O4S2/c1-13-15-6-5-14-3-2-4-16-12-31-22(28)27(18(14)16)17(13)7-8-25(11-15)33(29,30)20-19(23)24-21-26(20)9-10-32-21/h2-4,9-10,13,15,17H,5-8,11-12H2,1H3. The van der Waals surface area contributed by atoms with E-state index in [1.165, 1.54) is 15.6 Å². The molecule has 3 aliphatic rings. The average molecular weight is 507 g/mol. The number of rotatable bonds is 2. The molecule has 0 aliphatic carbocycles. The number of hydrogen-bond acceptors (Lipinski definition) is 6. The molecule has 3 atom stereocenters. The van der Waals surface area contributed by atoms with E-state index in [1.807, 2.05) is 12.1 Å². The minimum absolute atomic E-state index is 0.00628. The first-order valence-electron chi connectivity index (χ1n) is 11.0. The zero-order chi connectivity index (χ0) is 22.9. The van der Waals surface area contributed by atoms with Crippen LogP contribution in [0.2, 0.25) is 5.15 Å². The lowest BCUT2D eigenvalue weighted by Crippen LogP contribution is -2.49. The Balaban J connectivity index is 1.41. The van der Waals surface area contributed by atoms with Gasteiger partial charge in [0.1, 0.15) is 6.61 Å². The number of halogens is 1. The third kappa shape index (κ3) is 3.22. The molecule has 0 saturated carbocycles. The van der Waals surface area contributed by atoms with Crippen molar-refractivity contribution in [1.29, 1.82) is 0 Å². The van der Waals surface area contributed by atoms with Gasteiger partial charge < -0.3 is 4.74 Å². The third-order valence-electron chi connectivity index (χ3n) is 7.33. The van der Waals surface area contributed by atoms with Crippen LogP contribution in [0.25, 0.3) is 4.96 Å². The van der Waals surface area contributed by atoms with Crippen LogP contribution in [0.15, 0.2) is 34.8 Å². The van der Waals surface area contributed by atoms with Crippen LogP contribution >= 0.6 is 22.9 Å². The molecular weight excluding hydrogens is 484 g/mol. The monoisotopic (exact) mass is 506 g/mol. The van der Waals surface area contributed by atoms with Gasteiger partial charge in [0.2, 0.25) is 0 Å². The Morgan fingerprint density at radius 3 is 2.91 bits per heavy atom. The van der Waals surface area contributed by atoms with Crippen molar-refractivity contribution in [3.8, 4) is 0 Å². The fourth-order valence-electron chi connectivity index (χ4n) is 5.62. The molecule has 1 aromatic carbocycles. The van der Waals surface area contributed by atoms with Crippen LogP contribution < -0.4 is 4.90 Å². The Labute approximate surface area is 200 Å². The summed E-state index contributed by atoms with van der Waals surface area (Å²) in [6, 6.07) is 5.93. The molecule has 0 spiro atoms. The van der Waals surface area contributed by atoms with E-state index in [0.29, 0.717) is 24.5 Å². The number of carbonyl (C=O) groups is 1. The minimum Gasteiger partial charge on any atom is -0.444 e. The number of sulfonamides is 1. The highest BCUT2D eigenvalue weighted by atomic mass is 35.5. The first kappa shape index (κ1) is 21.4. The average Bonchev–Trinajstić information content (AvgIpc) is 3.28. The number of para-hydroxylation sites is 1. The van der Waals surface area contributed by atoms with E-state index < -0.39 is 10.0 Å². The van der Waals surface area contributed by atoms with E-state index in [9.17, 15) is 13.2 Å². The van der Waals surface area contributed by atoms with Crippen LogP contribution in [-0.2, 0) is 27.8 Å². The smallest absolute Gasteiger partial charge is 0.414 e. The Hall–Kier alpha value is -2.14. The zero-order valence-corrected chi connectivity index (χ0v) is 20.4. The fraction of sp³-hybridized carbons (Fsp3) is 0.455. The van der Waals surface area contributed by atoms with Gasteiger partial charge in [0.15, 0.2) is 15.1 Å². The molecule has 11 heteroatoms. The summed E-state index contributed by atoms with van der Waals surface area (Å²) in [6.45, 7) is 3.08. The Morgan fingerprint density at radius 1 is 1.24 bits per heavy atom. The molecular formula is C22H23ClN4O4S2. The maximum atomic E-state index is 13.8. The molecule has 1 saturated heterocycles. The van der Waals surface area contributed by atoms with Crippen LogP contribution in [0.5, 0.6) is 0 Å². The van der Waals surface area contributed by atoms with Gasteiger partial charge in [-0.15, -0.1) is 11.3 Å². The van der Waals surface area contributed by atoms with E-state index >= 15 is 0 Å². The first-order valence-corrected chi connectivity index (χ1v) is 13.7. The molecule has 1 amide bonds. The van der Waals surface area contributed by atoms with Gasteiger partial charge in [0.05, 0.1) is 5.69 Å². The van der Waals surface area contributed by atoms with Crippen LogP contribution in [0.4, 0.5) is 10.5 Å². The van der Waals surface area contributed by atoms with Gasteiger partial charge in [-0.2, -0.15) is 4.31 Å². The maximum absolute atomic E-state index is 13.8. The quantitative estimate of drug-likeness (QED) is 0.521. The molecule has 33 heavy (non-hydrogen) atoms. The molecule has 5 heterocycles. The summed E-state index contributed by atoms with van der Waals surface area (Å²) in [5.41, 5.74) is 3.10. The number of fused-ring (bicyclic) bond motifs is 4. The predicted molar refractivity (Wildman–Crippen MR) is 125 cm³/mol. The zero-order valence-electron chi connectivity index (χ0n) is 18.0. The predicted octanol–water partition coefficient (Wildman–Crippen LogP) is 4.17. The molecule has 6 rings (SSSR count). The van der Waals surface area contributed by atoms with Gasteiger partial charge in [-0.25, -0.2) is 18.2 Å². The summed E-state index contributed by atoms with van der Waals surface area (Å²) in [5.74, 6) is 0.197. The number of carbonyl (C=O) groups excluding carboxylic acids is 1. The van der Waals surface area contributed by atoms with E-state index in [2.05, 4.69) is 18.0 Å². The number of anilines is 1. The van der Waals surface area contributed by atoms with Gasteiger partial charge in [0.25, 0.3) is 10.0 Å². The first-order chi connectivity index (χ1) is 15.9. The molecule has 2 bridgehead atoms. The van der Waals surface area contributed by atoms with Crippen LogP contribution in [0, 0.1) is 11.8 Å². The Kier molecular flexibility index (Phi) is 4.99. The number of ether oxygens (including phenoxy) is 1. The molecule has 3 aromatic rings. The SMILES string of the molecule is CC1C2CCc3cccc4c3N(C(=O)OC4)C1CCN(S(=O)(=O)c1c(Cl)nc3sccn13)C2. The van der Waals surface area contributed by atoms with Crippen molar-refractivity contribution in [3.05, 3.63) is 46.1 Å². The number of cyclic esters (lactones) is 1. The van der Waals surface area contributed by atoms with Gasteiger partial charge in [-0.3, -0.25) is 9.30 Å². The summed E-state index contributed by atoms with van der Waals surface area (Å²) in [5, 5.41) is 1.80. The summed E-state index contributed by atoms with van der Waals surface area (Å²) in [6.07, 6.45) is 3.48. The van der Waals surface area contributed by atoms with Gasteiger partial charge in [-0.05, 0) is 36.7 Å². The lowest BCUT2D eigenvalue weighted by molar-refractivity contribution is 0.132. The Bertz CT molecular complexity index is 1370. The van der Waals surface area contributed by atoms with Crippen LogP contribution in [0.3, 0.4) is 0 Å². The van der Waals surface area contributed by atoms with Crippen LogP contribution in [-0.4, -0.2) is 47.3 Å². The van der Waals surface area contributed by atoms with Crippen molar-refractivity contribution in [2.75, 3.05) is 18.0 Å². The second-order valence-corrected chi connectivity index (χ2v) is 12.1. The number of nitrogens with zero attached hydrogens (tertiary/aromatic N) is 4. The van der Waals surface area contributed by atoms with Crippen molar-refractivity contribution >= 4 is 49.7 Å². The minimum atomic E-state index is -3.88. The molecule has 8 nitrogen and oxygen atoms in total. The molecule has 3 unspecified atom stereocenters. The molecule has 174 valence electrons. The van der Waals surface area contributed by atoms with Crippen molar-refractivity contribution in [1.82, 2.24) is 13.7 Å². The topological polar surface area (TPSA) is 84.2 Å². The highest BCUT2D eigenvalue weighted by molar-refractivity contribution is 7.89. The number of hydrogen-bond donors (Lipinski definition) is 0. The molecule has 0 radical (unpaired) electrons. The summed E-state index contributed by atoms with van der Waals surface area (Å²) in [7, 11) is -3.88. The number of benzene rings is 1.